The summed E-state index contributed by atoms with van der Waals surface area (Å²) >= 11 is 0. The van der Waals surface area contributed by atoms with Crippen molar-refractivity contribution in [3.63, 3.8) is 0 Å². The van der Waals surface area contributed by atoms with Crippen molar-refractivity contribution in [2.24, 2.45) is 0 Å². The molecular weight excluding hydrogens is 426 g/mol. The molecular formula is C25H43NO7. The summed E-state index contributed by atoms with van der Waals surface area (Å²) in [4.78, 5) is 0. The molecule has 0 spiro atoms. The quantitative estimate of drug-likeness (QED) is 0.317. The lowest BCUT2D eigenvalue weighted by Crippen LogP contribution is -2.60. The summed E-state index contributed by atoms with van der Waals surface area (Å²) in [6.07, 6.45) is -2.95. The Hall–Kier alpha value is -1.42. The maximum absolute atomic E-state index is 10.4. The lowest BCUT2D eigenvalue weighted by atomic mass is 9.92. The van der Waals surface area contributed by atoms with Crippen LogP contribution in [0.2, 0.25) is 0 Å². The summed E-state index contributed by atoms with van der Waals surface area (Å²) in [5, 5.41) is 43.6. The van der Waals surface area contributed by atoms with Gasteiger partial charge in [-0.05, 0) is 57.7 Å². The van der Waals surface area contributed by atoms with E-state index in [0.717, 1.165) is 36.9 Å². The van der Waals surface area contributed by atoms with Gasteiger partial charge in [0.1, 0.15) is 30.2 Å². The summed E-state index contributed by atoms with van der Waals surface area (Å²) in [5.74, 6) is 0.439. The van der Waals surface area contributed by atoms with Gasteiger partial charge in [-0.25, -0.2) is 0 Å². The number of ether oxygens (including phenoxy) is 3. The number of aliphatic hydroxyl groups is 4. The van der Waals surface area contributed by atoms with Crippen LogP contribution in [0.1, 0.15) is 72.8 Å². The lowest BCUT2D eigenvalue weighted by molar-refractivity contribution is -0.277. The molecule has 2 rings (SSSR count). The molecule has 33 heavy (non-hydrogen) atoms. The van der Waals surface area contributed by atoms with E-state index in [-0.39, 0.29) is 11.1 Å². The molecule has 1 heterocycles. The molecule has 1 aliphatic heterocycles. The van der Waals surface area contributed by atoms with E-state index in [2.05, 4.69) is 46.9 Å². The average molecular weight is 470 g/mol. The van der Waals surface area contributed by atoms with Crippen LogP contribution in [0.5, 0.6) is 5.75 Å². The molecule has 1 aliphatic rings. The molecule has 5 N–H and O–H groups in total. The highest BCUT2D eigenvalue weighted by Gasteiger charge is 2.45. The minimum Gasteiger partial charge on any atom is -0.460 e. The molecule has 0 aromatic heterocycles. The van der Waals surface area contributed by atoms with Crippen molar-refractivity contribution < 1.29 is 34.6 Å². The van der Waals surface area contributed by atoms with Gasteiger partial charge in [-0.15, -0.1) is 0 Å². The largest absolute Gasteiger partial charge is 0.460 e. The topological polar surface area (TPSA) is 121 Å². The fourth-order valence-corrected chi connectivity index (χ4v) is 3.74. The van der Waals surface area contributed by atoms with Crippen molar-refractivity contribution in [1.82, 2.24) is 0 Å². The van der Waals surface area contributed by atoms with Crippen LogP contribution in [0.25, 0.3) is 0 Å². The fraction of sp³-hybridized carbons (Fsp3) is 0.760. The van der Waals surface area contributed by atoms with Gasteiger partial charge in [-0.1, -0.05) is 33.3 Å². The van der Waals surface area contributed by atoms with Crippen molar-refractivity contribution in [2.75, 3.05) is 11.9 Å². The Morgan fingerprint density at radius 2 is 1.70 bits per heavy atom. The molecule has 0 bridgehead atoms. The smallest absolute Gasteiger partial charge is 0.229 e. The summed E-state index contributed by atoms with van der Waals surface area (Å²) < 4.78 is 17.6. The van der Waals surface area contributed by atoms with Gasteiger partial charge in [-0.3, -0.25) is 0 Å². The average Bonchev–Trinajstić information content (AvgIpc) is 2.79. The Morgan fingerprint density at radius 3 is 2.27 bits per heavy atom. The first-order valence-corrected chi connectivity index (χ1v) is 12.0. The maximum Gasteiger partial charge on any atom is 0.229 e. The molecule has 1 aromatic carbocycles. The highest BCUT2D eigenvalue weighted by molar-refractivity contribution is 5.59. The molecule has 0 amide bonds. The second kappa shape index (κ2) is 11.8. The molecule has 0 saturated carbocycles. The van der Waals surface area contributed by atoms with Crippen molar-refractivity contribution in [2.45, 2.75) is 116 Å². The van der Waals surface area contributed by atoms with E-state index in [1.165, 1.54) is 0 Å². The predicted molar refractivity (Wildman–Crippen MR) is 127 cm³/mol. The standard InChI is InChI=1S/C25H43NO7/c1-7-12-25(6,9-3)26-17-13-16(15-31-24(4,5)8-2)10-11-18(17)32-23-22(30)21(29)20(28)19(14-27)33-23/h10-11,13,19-23,26-30H,7-9,12,14-15H2,1-6H3. The molecule has 8 nitrogen and oxygen atoms in total. The molecule has 8 heteroatoms. The summed E-state index contributed by atoms with van der Waals surface area (Å²) in [5.41, 5.74) is 1.28. The second-order valence-corrected chi connectivity index (χ2v) is 9.84. The number of anilines is 1. The zero-order chi connectivity index (χ0) is 24.8. The third kappa shape index (κ3) is 7.28. The minimum absolute atomic E-state index is 0.176. The predicted octanol–water partition coefficient (Wildman–Crippen LogP) is 2.95. The fourth-order valence-electron chi connectivity index (χ4n) is 3.74. The Bertz CT molecular complexity index is 741. The first-order chi connectivity index (χ1) is 15.5. The van der Waals surface area contributed by atoms with Crippen molar-refractivity contribution in [1.29, 1.82) is 0 Å². The number of hydrogen-bond acceptors (Lipinski definition) is 8. The molecule has 0 radical (unpaired) electrons. The van der Waals surface area contributed by atoms with Crippen LogP contribution >= 0.6 is 0 Å². The molecule has 6 unspecified atom stereocenters. The highest BCUT2D eigenvalue weighted by Crippen LogP contribution is 2.34. The molecule has 0 aliphatic carbocycles. The minimum atomic E-state index is -1.50. The first-order valence-electron chi connectivity index (χ1n) is 12.0. The van der Waals surface area contributed by atoms with Crippen LogP contribution in [0.15, 0.2) is 18.2 Å². The van der Waals surface area contributed by atoms with Gasteiger partial charge in [0.2, 0.25) is 6.29 Å². The Labute approximate surface area is 197 Å². The molecule has 190 valence electrons. The van der Waals surface area contributed by atoms with E-state index in [1.807, 2.05) is 12.1 Å². The normalized spacial score (nSPS) is 27.8. The molecule has 1 fully saturated rings. The summed E-state index contributed by atoms with van der Waals surface area (Å²) in [6, 6.07) is 5.64. The summed E-state index contributed by atoms with van der Waals surface area (Å²) in [6.45, 7) is 12.5. The summed E-state index contributed by atoms with van der Waals surface area (Å²) in [7, 11) is 0. The van der Waals surface area contributed by atoms with Gasteiger partial charge in [0, 0.05) is 5.54 Å². The van der Waals surface area contributed by atoms with Crippen molar-refractivity contribution in [3.8, 4) is 5.75 Å². The second-order valence-electron chi connectivity index (χ2n) is 9.84. The Balaban J connectivity index is 2.33. The Kier molecular flexibility index (Phi) is 9.96. The van der Waals surface area contributed by atoms with E-state index in [4.69, 9.17) is 14.2 Å². The zero-order valence-electron chi connectivity index (χ0n) is 20.9. The third-order valence-electron chi connectivity index (χ3n) is 6.64. The van der Waals surface area contributed by atoms with Crippen LogP contribution in [-0.2, 0) is 16.1 Å². The molecule has 1 saturated heterocycles. The number of benzene rings is 1. The maximum atomic E-state index is 10.4. The molecule has 1 aromatic rings. The van der Waals surface area contributed by atoms with Crippen LogP contribution in [-0.4, -0.2) is 68.9 Å². The number of rotatable bonds is 12. The highest BCUT2D eigenvalue weighted by atomic mass is 16.7. The van der Waals surface area contributed by atoms with E-state index in [1.54, 1.807) is 6.07 Å². The third-order valence-corrected chi connectivity index (χ3v) is 6.64. The van der Waals surface area contributed by atoms with Gasteiger partial charge >= 0.3 is 0 Å². The molecule has 6 atom stereocenters. The van der Waals surface area contributed by atoms with Crippen LogP contribution < -0.4 is 10.1 Å². The van der Waals surface area contributed by atoms with Crippen molar-refractivity contribution in [3.05, 3.63) is 23.8 Å². The van der Waals surface area contributed by atoms with Gasteiger partial charge in [0.05, 0.1) is 24.5 Å². The monoisotopic (exact) mass is 469 g/mol. The van der Waals surface area contributed by atoms with E-state index < -0.39 is 37.3 Å². The van der Waals surface area contributed by atoms with Crippen LogP contribution in [0.4, 0.5) is 5.69 Å². The lowest BCUT2D eigenvalue weighted by Gasteiger charge is -2.40. The van der Waals surface area contributed by atoms with Gasteiger partial charge < -0.3 is 40.0 Å². The first kappa shape index (κ1) is 27.8. The van der Waals surface area contributed by atoms with Gasteiger partial charge in [0.15, 0.2) is 0 Å². The van der Waals surface area contributed by atoms with E-state index in [0.29, 0.717) is 12.4 Å². The van der Waals surface area contributed by atoms with Crippen LogP contribution in [0, 0.1) is 0 Å². The SMILES string of the molecule is CCCC(C)(CC)Nc1cc(COC(C)(C)CC)ccc1OC1OC(CO)C(O)C(O)C1O. The van der Waals surface area contributed by atoms with Crippen LogP contribution in [0.3, 0.4) is 0 Å². The van der Waals surface area contributed by atoms with Gasteiger partial charge in [-0.2, -0.15) is 0 Å². The number of hydrogen-bond donors (Lipinski definition) is 5. The Morgan fingerprint density at radius 1 is 1.00 bits per heavy atom. The van der Waals surface area contributed by atoms with Crippen molar-refractivity contribution >= 4 is 5.69 Å². The number of nitrogens with one attached hydrogen (secondary N) is 1. The zero-order valence-corrected chi connectivity index (χ0v) is 20.9. The van der Waals surface area contributed by atoms with Gasteiger partial charge in [0.25, 0.3) is 0 Å². The number of aliphatic hydroxyl groups excluding tert-OH is 4. The van der Waals surface area contributed by atoms with E-state index >= 15 is 0 Å². The van der Waals surface area contributed by atoms with E-state index in [9.17, 15) is 20.4 Å².